The Labute approximate surface area is 159 Å². The summed E-state index contributed by atoms with van der Waals surface area (Å²) in [5.74, 6) is 1.36. The van der Waals surface area contributed by atoms with Crippen LogP contribution in [-0.4, -0.2) is 20.1 Å². The first-order valence-corrected chi connectivity index (χ1v) is 8.92. The lowest BCUT2D eigenvalue weighted by Crippen LogP contribution is -2.28. The van der Waals surface area contributed by atoms with E-state index in [1.54, 1.807) is 20.5 Å². The van der Waals surface area contributed by atoms with Gasteiger partial charge in [0, 0.05) is 16.5 Å². The number of aryl methyl sites for hydroxylation is 2. The molecule has 0 aliphatic rings. The number of hydrogen-bond acceptors (Lipinski definition) is 4. The third-order valence-corrected chi connectivity index (χ3v) is 4.97. The van der Waals surface area contributed by atoms with Gasteiger partial charge >= 0.3 is 0 Å². The number of ether oxygens (including phenoxy) is 2. The lowest BCUT2D eigenvalue weighted by molar-refractivity contribution is -0.121. The number of carbonyl (C=O) groups is 1. The van der Waals surface area contributed by atoms with Gasteiger partial charge in [-0.1, -0.05) is 12.1 Å². The summed E-state index contributed by atoms with van der Waals surface area (Å²) in [6, 6.07) is 9.40. The zero-order chi connectivity index (χ0) is 19.6. The van der Waals surface area contributed by atoms with Crippen molar-refractivity contribution in [3.05, 3.63) is 58.8 Å². The minimum atomic E-state index is -0.218. The molecule has 1 amide bonds. The Kier molecular flexibility index (Phi) is 5.40. The van der Waals surface area contributed by atoms with Crippen LogP contribution in [0.2, 0.25) is 0 Å². The summed E-state index contributed by atoms with van der Waals surface area (Å²) in [7, 11) is 3.23. The van der Waals surface area contributed by atoms with Gasteiger partial charge in [-0.15, -0.1) is 0 Å². The number of nitrogens with one attached hydrogen (secondary N) is 1. The molecule has 0 spiro atoms. The van der Waals surface area contributed by atoms with E-state index >= 15 is 0 Å². The summed E-state index contributed by atoms with van der Waals surface area (Å²) in [6.07, 6.45) is 1.93. The molecule has 142 valence electrons. The van der Waals surface area contributed by atoms with Crippen molar-refractivity contribution in [3.63, 3.8) is 0 Å². The number of furan rings is 1. The van der Waals surface area contributed by atoms with E-state index in [9.17, 15) is 4.79 Å². The van der Waals surface area contributed by atoms with Crippen molar-refractivity contribution < 1.29 is 18.7 Å². The van der Waals surface area contributed by atoms with Crippen molar-refractivity contribution in [1.82, 2.24) is 5.32 Å². The zero-order valence-electron chi connectivity index (χ0n) is 16.4. The standard InChI is InChI=1S/C22H25NO4/c1-13-6-8-18-16(12-27-22(18)14(13)2)10-21(24)23-15(3)19-11-17(25-4)7-9-20(19)26-5/h6-9,11-12,15H,10H2,1-5H3,(H,23,24)/t15-/m1/s1. The Hall–Kier alpha value is -2.95. The molecule has 1 heterocycles. The van der Waals surface area contributed by atoms with E-state index in [0.29, 0.717) is 5.75 Å². The fourth-order valence-corrected chi connectivity index (χ4v) is 3.25. The van der Waals surface area contributed by atoms with Gasteiger partial charge in [-0.3, -0.25) is 4.79 Å². The van der Waals surface area contributed by atoms with Crippen LogP contribution in [-0.2, 0) is 11.2 Å². The zero-order valence-corrected chi connectivity index (χ0v) is 16.4. The van der Waals surface area contributed by atoms with Crippen LogP contribution < -0.4 is 14.8 Å². The molecular formula is C22H25NO4. The second-order valence-corrected chi connectivity index (χ2v) is 6.72. The minimum Gasteiger partial charge on any atom is -0.497 e. The van der Waals surface area contributed by atoms with Crippen LogP contribution in [0.3, 0.4) is 0 Å². The highest BCUT2D eigenvalue weighted by Crippen LogP contribution is 2.30. The molecule has 5 heteroatoms. The van der Waals surface area contributed by atoms with Gasteiger partial charge in [0.15, 0.2) is 0 Å². The third kappa shape index (κ3) is 3.77. The molecule has 1 aromatic heterocycles. The van der Waals surface area contributed by atoms with E-state index < -0.39 is 0 Å². The van der Waals surface area contributed by atoms with E-state index in [4.69, 9.17) is 13.9 Å². The fourth-order valence-electron chi connectivity index (χ4n) is 3.25. The SMILES string of the molecule is COc1ccc(OC)c([C@@H](C)NC(=O)Cc2coc3c(C)c(C)ccc23)c1. The van der Waals surface area contributed by atoms with Crippen LogP contribution in [0, 0.1) is 13.8 Å². The van der Waals surface area contributed by atoms with E-state index in [1.165, 1.54) is 5.56 Å². The highest BCUT2D eigenvalue weighted by Gasteiger charge is 2.17. The summed E-state index contributed by atoms with van der Waals surface area (Å²) in [6.45, 7) is 6.01. The maximum atomic E-state index is 12.6. The predicted molar refractivity (Wildman–Crippen MR) is 105 cm³/mol. The van der Waals surface area contributed by atoms with E-state index in [2.05, 4.69) is 11.4 Å². The van der Waals surface area contributed by atoms with Crippen LogP contribution in [0.1, 0.15) is 35.2 Å². The largest absolute Gasteiger partial charge is 0.497 e. The number of amides is 1. The van der Waals surface area contributed by atoms with Gasteiger partial charge in [0.25, 0.3) is 0 Å². The van der Waals surface area contributed by atoms with Gasteiger partial charge < -0.3 is 19.2 Å². The van der Waals surface area contributed by atoms with E-state index in [0.717, 1.165) is 33.4 Å². The van der Waals surface area contributed by atoms with Gasteiger partial charge in [-0.2, -0.15) is 0 Å². The Balaban J connectivity index is 1.77. The monoisotopic (exact) mass is 367 g/mol. The molecule has 0 saturated carbocycles. The van der Waals surface area contributed by atoms with Crippen molar-refractivity contribution >= 4 is 16.9 Å². The summed E-state index contributed by atoms with van der Waals surface area (Å²) in [5.41, 5.74) is 4.88. The Morgan fingerprint density at radius 2 is 1.93 bits per heavy atom. The van der Waals surface area contributed by atoms with Crippen LogP contribution in [0.5, 0.6) is 11.5 Å². The highest BCUT2D eigenvalue weighted by atomic mass is 16.5. The normalized spacial score (nSPS) is 12.0. The first-order chi connectivity index (χ1) is 12.9. The average Bonchev–Trinajstić information content (AvgIpc) is 3.07. The smallest absolute Gasteiger partial charge is 0.225 e. The summed E-state index contributed by atoms with van der Waals surface area (Å²) in [5, 5.41) is 4.02. The lowest BCUT2D eigenvalue weighted by Gasteiger charge is -2.18. The number of fused-ring (bicyclic) bond motifs is 1. The molecule has 1 N–H and O–H groups in total. The van der Waals surface area contributed by atoms with Gasteiger partial charge in [-0.05, 0) is 50.1 Å². The number of rotatable bonds is 6. The van der Waals surface area contributed by atoms with E-state index in [1.807, 2.05) is 45.0 Å². The second-order valence-electron chi connectivity index (χ2n) is 6.72. The van der Waals surface area contributed by atoms with Gasteiger partial charge in [0.1, 0.15) is 17.1 Å². The van der Waals surface area contributed by atoms with Crippen molar-refractivity contribution in [2.24, 2.45) is 0 Å². The fraction of sp³-hybridized carbons (Fsp3) is 0.318. The Morgan fingerprint density at radius 1 is 1.15 bits per heavy atom. The molecule has 0 aliphatic heterocycles. The lowest BCUT2D eigenvalue weighted by atomic mass is 10.0. The maximum absolute atomic E-state index is 12.6. The average molecular weight is 367 g/mol. The number of hydrogen-bond donors (Lipinski definition) is 1. The molecule has 27 heavy (non-hydrogen) atoms. The van der Waals surface area contributed by atoms with Crippen molar-refractivity contribution in [2.75, 3.05) is 14.2 Å². The highest BCUT2D eigenvalue weighted by molar-refractivity contribution is 5.89. The third-order valence-electron chi connectivity index (χ3n) is 4.97. The molecular weight excluding hydrogens is 342 g/mol. The van der Waals surface area contributed by atoms with Gasteiger partial charge in [0.2, 0.25) is 5.91 Å². The first-order valence-electron chi connectivity index (χ1n) is 8.92. The Morgan fingerprint density at radius 3 is 2.63 bits per heavy atom. The van der Waals surface area contributed by atoms with Crippen molar-refractivity contribution in [1.29, 1.82) is 0 Å². The maximum Gasteiger partial charge on any atom is 0.225 e. The van der Waals surface area contributed by atoms with Crippen LogP contribution in [0.4, 0.5) is 0 Å². The molecule has 0 aliphatic carbocycles. The summed E-state index contributed by atoms with van der Waals surface area (Å²) in [4.78, 5) is 12.6. The molecule has 3 aromatic rings. The number of carbonyl (C=O) groups excluding carboxylic acids is 1. The molecule has 0 saturated heterocycles. The first kappa shape index (κ1) is 18.8. The molecule has 0 radical (unpaired) electrons. The molecule has 0 bridgehead atoms. The topological polar surface area (TPSA) is 60.7 Å². The summed E-state index contributed by atoms with van der Waals surface area (Å²) < 4.78 is 16.4. The van der Waals surface area contributed by atoms with Crippen LogP contribution in [0.25, 0.3) is 11.0 Å². The molecule has 1 atom stereocenters. The molecule has 3 rings (SSSR count). The Bertz CT molecular complexity index is 974. The molecule has 5 nitrogen and oxygen atoms in total. The summed E-state index contributed by atoms with van der Waals surface area (Å²) >= 11 is 0. The molecule has 0 fully saturated rings. The quantitative estimate of drug-likeness (QED) is 0.697. The van der Waals surface area contributed by atoms with Crippen LogP contribution >= 0.6 is 0 Å². The van der Waals surface area contributed by atoms with Crippen molar-refractivity contribution in [2.45, 2.75) is 33.2 Å². The molecule has 2 aromatic carbocycles. The van der Waals surface area contributed by atoms with Gasteiger partial charge in [-0.25, -0.2) is 0 Å². The van der Waals surface area contributed by atoms with Crippen LogP contribution in [0.15, 0.2) is 41.0 Å². The predicted octanol–water partition coefficient (Wildman–Crippen LogP) is 4.49. The molecule has 0 unspecified atom stereocenters. The van der Waals surface area contributed by atoms with Gasteiger partial charge in [0.05, 0.1) is 32.9 Å². The second kappa shape index (κ2) is 7.74. The minimum absolute atomic E-state index is 0.0756. The number of benzene rings is 2. The number of methoxy groups -OCH3 is 2. The van der Waals surface area contributed by atoms with E-state index in [-0.39, 0.29) is 18.4 Å². The van der Waals surface area contributed by atoms with Crippen molar-refractivity contribution in [3.8, 4) is 11.5 Å².